The Labute approximate surface area is 82.9 Å². The van der Waals surface area contributed by atoms with Gasteiger partial charge in [-0.1, -0.05) is 20.8 Å². The van der Waals surface area contributed by atoms with Crippen molar-refractivity contribution in [2.75, 3.05) is 0 Å². The second-order valence-electron chi connectivity index (χ2n) is 4.15. The first-order valence-corrected chi connectivity index (χ1v) is 4.47. The maximum atomic E-state index is 11.4. The van der Waals surface area contributed by atoms with E-state index in [1.54, 1.807) is 6.92 Å². The van der Waals surface area contributed by atoms with Gasteiger partial charge in [-0.2, -0.15) is 0 Å². The first kappa shape index (κ1) is 10.7. The van der Waals surface area contributed by atoms with Crippen LogP contribution in [0.25, 0.3) is 0 Å². The summed E-state index contributed by atoms with van der Waals surface area (Å²) in [7, 11) is 0. The van der Waals surface area contributed by atoms with E-state index in [-0.39, 0.29) is 12.5 Å². The third kappa shape index (κ3) is 2.83. The van der Waals surface area contributed by atoms with Gasteiger partial charge in [0.2, 0.25) is 17.7 Å². The molecule has 1 rings (SSSR count). The average molecular weight is 197 g/mol. The molecule has 0 radical (unpaired) electrons. The largest absolute Gasteiger partial charge is 0.424 e. The lowest BCUT2D eigenvalue weighted by Crippen LogP contribution is -2.34. The Morgan fingerprint density at radius 2 is 2.07 bits per heavy atom. The fourth-order valence-corrected chi connectivity index (χ4v) is 0.830. The summed E-state index contributed by atoms with van der Waals surface area (Å²) in [4.78, 5) is 11.4. The number of aryl methyl sites for hydroxylation is 1. The predicted molar refractivity (Wildman–Crippen MR) is 50.3 cm³/mol. The van der Waals surface area contributed by atoms with Crippen LogP contribution in [0, 0.1) is 12.3 Å². The lowest BCUT2D eigenvalue weighted by molar-refractivity contribution is -0.128. The van der Waals surface area contributed by atoms with E-state index in [0.717, 1.165) is 0 Å². The molecule has 1 aromatic rings. The van der Waals surface area contributed by atoms with Crippen LogP contribution in [0.15, 0.2) is 4.42 Å². The minimum absolute atomic E-state index is 0.0339. The van der Waals surface area contributed by atoms with Crippen LogP contribution in [0.4, 0.5) is 0 Å². The van der Waals surface area contributed by atoms with Crippen molar-refractivity contribution < 1.29 is 9.21 Å². The van der Waals surface area contributed by atoms with Gasteiger partial charge in [0.15, 0.2) is 0 Å². The standard InChI is InChI=1S/C9H15N3O2/c1-6-11-12-7(14-6)5-10-8(13)9(2,3)4/h5H2,1-4H3,(H,10,13). The fraction of sp³-hybridized carbons (Fsp3) is 0.667. The van der Waals surface area contributed by atoms with Crippen LogP contribution < -0.4 is 5.32 Å². The van der Waals surface area contributed by atoms with Crippen molar-refractivity contribution >= 4 is 5.91 Å². The molecule has 0 saturated heterocycles. The summed E-state index contributed by atoms with van der Waals surface area (Å²) in [5, 5.41) is 10.1. The number of carbonyl (C=O) groups is 1. The van der Waals surface area contributed by atoms with Gasteiger partial charge in [-0.25, -0.2) is 0 Å². The molecule has 1 amide bonds. The zero-order chi connectivity index (χ0) is 10.8. The Hall–Kier alpha value is -1.39. The number of carbonyl (C=O) groups excluding carboxylic acids is 1. The monoisotopic (exact) mass is 197 g/mol. The van der Waals surface area contributed by atoms with E-state index in [9.17, 15) is 4.79 Å². The number of hydrogen-bond acceptors (Lipinski definition) is 4. The van der Waals surface area contributed by atoms with Gasteiger partial charge in [-0.05, 0) is 0 Å². The molecule has 0 aromatic carbocycles. The van der Waals surface area contributed by atoms with Crippen molar-refractivity contribution in [1.82, 2.24) is 15.5 Å². The lowest BCUT2D eigenvalue weighted by atomic mass is 9.96. The Kier molecular flexibility index (Phi) is 2.88. The van der Waals surface area contributed by atoms with Crippen LogP contribution in [-0.4, -0.2) is 16.1 Å². The van der Waals surface area contributed by atoms with Gasteiger partial charge in [0.05, 0.1) is 6.54 Å². The van der Waals surface area contributed by atoms with Gasteiger partial charge in [-0.3, -0.25) is 4.79 Å². The molecular formula is C9H15N3O2. The number of nitrogens with zero attached hydrogens (tertiary/aromatic N) is 2. The molecule has 1 aromatic heterocycles. The minimum Gasteiger partial charge on any atom is -0.424 e. The quantitative estimate of drug-likeness (QED) is 0.769. The molecule has 14 heavy (non-hydrogen) atoms. The van der Waals surface area contributed by atoms with Gasteiger partial charge < -0.3 is 9.73 Å². The van der Waals surface area contributed by atoms with Gasteiger partial charge >= 0.3 is 0 Å². The molecule has 0 aliphatic heterocycles. The SMILES string of the molecule is Cc1nnc(CNC(=O)C(C)(C)C)o1. The highest BCUT2D eigenvalue weighted by Crippen LogP contribution is 2.12. The molecule has 1 N–H and O–H groups in total. The summed E-state index contributed by atoms with van der Waals surface area (Å²) in [6, 6.07) is 0. The molecular weight excluding hydrogens is 182 g/mol. The van der Waals surface area contributed by atoms with Gasteiger partial charge in [-0.15, -0.1) is 10.2 Å². The van der Waals surface area contributed by atoms with Gasteiger partial charge in [0, 0.05) is 12.3 Å². The zero-order valence-corrected chi connectivity index (χ0v) is 8.92. The normalized spacial score (nSPS) is 11.4. The van der Waals surface area contributed by atoms with E-state index in [1.165, 1.54) is 0 Å². The highest BCUT2D eigenvalue weighted by atomic mass is 16.4. The van der Waals surface area contributed by atoms with Crippen LogP contribution in [0.3, 0.4) is 0 Å². The molecule has 78 valence electrons. The number of aromatic nitrogens is 2. The molecule has 0 fully saturated rings. The van der Waals surface area contributed by atoms with Crippen LogP contribution in [0.1, 0.15) is 32.6 Å². The third-order valence-corrected chi connectivity index (χ3v) is 1.65. The van der Waals surface area contributed by atoms with Crippen molar-refractivity contribution in [3.05, 3.63) is 11.8 Å². The molecule has 0 unspecified atom stereocenters. The van der Waals surface area contributed by atoms with Crippen molar-refractivity contribution in [3.8, 4) is 0 Å². The summed E-state index contributed by atoms with van der Waals surface area (Å²) in [5.41, 5.74) is -0.394. The number of rotatable bonds is 2. The number of amides is 1. The second kappa shape index (κ2) is 3.77. The summed E-state index contributed by atoms with van der Waals surface area (Å²) in [6.45, 7) is 7.54. The van der Waals surface area contributed by atoms with E-state index in [4.69, 9.17) is 4.42 Å². The maximum Gasteiger partial charge on any atom is 0.235 e. The first-order chi connectivity index (χ1) is 6.39. The Balaban J connectivity index is 2.46. The summed E-state index contributed by atoms with van der Waals surface area (Å²) in [5.74, 6) is 0.901. The highest BCUT2D eigenvalue weighted by molar-refractivity contribution is 5.81. The Bertz CT molecular complexity index is 325. The van der Waals surface area contributed by atoms with Crippen LogP contribution >= 0.6 is 0 Å². The van der Waals surface area contributed by atoms with E-state index >= 15 is 0 Å². The average Bonchev–Trinajstić information content (AvgIpc) is 2.45. The zero-order valence-electron chi connectivity index (χ0n) is 8.92. The van der Waals surface area contributed by atoms with E-state index in [2.05, 4.69) is 15.5 Å². The van der Waals surface area contributed by atoms with E-state index in [1.807, 2.05) is 20.8 Å². The molecule has 1 heterocycles. The summed E-state index contributed by atoms with van der Waals surface area (Å²) < 4.78 is 5.11. The molecule has 0 spiro atoms. The van der Waals surface area contributed by atoms with E-state index < -0.39 is 5.41 Å². The van der Waals surface area contributed by atoms with Crippen LogP contribution in [-0.2, 0) is 11.3 Å². The van der Waals surface area contributed by atoms with Crippen molar-refractivity contribution in [2.45, 2.75) is 34.2 Å². The smallest absolute Gasteiger partial charge is 0.235 e. The number of hydrogen-bond donors (Lipinski definition) is 1. The summed E-state index contributed by atoms with van der Waals surface area (Å²) in [6.07, 6.45) is 0. The minimum atomic E-state index is -0.394. The van der Waals surface area contributed by atoms with Crippen molar-refractivity contribution in [2.24, 2.45) is 5.41 Å². The topological polar surface area (TPSA) is 68.0 Å². The molecule has 5 heteroatoms. The maximum absolute atomic E-state index is 11.4. The van der Waals surface area contributed by atoms with E-state index in [0.29, 0.717) is 11.8 Å². The molecule has 0 aliphatic carbocycles. The van der Waals surface area contributed by atoms with Gasteiger partial charge in [0.1, 0.15) is 0 Å². The summed E-state index contributed by atoms with van der Waals surface area (Å²) >= 11 is 0. The van der Waals surface area contributed by atoms with Gasteiger partial charge in [0.25, 0.3) is 0 Å². The van der Waals surface area contributed by atoms with Crippen molar-refractivity contribution in [3.63, 3.8) is 0 Å². The third-order valence-electron chi connectivity index (χ3n) is 1.65. The number of nitrogens with one attached hydrogen (secondary N) is 1. The van der Waals surface area contributed by atoms with Crippen LogP contribution in [0.5, 0.6) is 0 Å². The van der Waals surface area contributed by atoms with Crippen molar-refractivity contribution in [1.29, 1.82) is 0 Å². The fourth-order valence-electron chi connectivity index (χ4n) is 0.830. The molecule has 0 saturated carbocycles. The van der Waals surface area contributed by atoms with Crippen LogP contribution in [0.2, 0.25) is 0 Å². The molecule has 5 nitrogen and oxygen atoms in total. The Morgan fingerprint density at radius 3 is 2.50 bits per heavy atom. The molecule has 0 bridgehead atoms. The second-order valence-corrected chi connectivity index (χ2v) is 4.15. The molecule has 0 aliphatic rings. The predicted octanol–water partition coefficient (Wildman–Crippen LogP) is 1.04. The molecule has 0 atom stereocenters. The highest BCUT2D eigenvalue weighted by Gasteiger charge is 2.21. The first-order valence-electron chi connectivity index (χ1n) is 4.47. The lowest BCUT2D eigenvalue weighted by Gasteiger charge is -2.16. The Morgan fingerprint density at radius 1 is 1.43 bits per heavy atom.